The van der Waals surface area contributed by atoms with Crippen molar-refractivity contribution in [3.05, 3.63) is 59.4 Å². The van der Waals surface area contributed by atoms with Crippen molar-refractivity contribution in [1.29, 1.82) is 0 Å². The van der Waals surface area contributed by atoms with E-state index in [0.717, 1.165) is 37.8 Å². The zero-order valence-corrected chi connectivity index (χ0v) is 22.3. The fourth-order valence-electron chi connectivity index (χ4n) is 5.77. The minimum absolute atomic E-state index is 0.0609. The van der Waals surface area contributed by atoms with Crippen LogP contribution in [0.4, 0.5) is 4.39 Å². The molecule has 4 atom stereocenters. The number of piperidine rings is 1. The third-order valence-electron chi connectivity index (χ3n) is 8.01. The summed E-state index contributed by atoms with van der Waals surface area (Å²) in [5, 5.41) is 15.6. The predicted octanol–water partition coefficient (Wildman–Crippen LogP) is 5.02. The number of aliphatic hydroxyl groups is 1. The minimum atomic E-state index is -1.35. The minimum Gasteiger partial charge on any atom is -0.454 e. The van der Waals surface area contributed by atoms with Gasteiger partial charge >= 0.3 is 0 Å². The number of rotatable bonds is 12. The smallest absolute Gasteiger partial charge is 0.226 e. The van der Waals surface area contributed by atoms with Crippen LogP contribution in [0.5, 0.6) is 11.5 Å². The molecule has 2 aliphatic rings. The van der Waals surface area contributed by atoms with Gasteiger partial charge in [0.05, 0.1) is 5.60 Å². The molecule has 1 saturated carbocycles. The first kappa shape index (κ1) is 27.6. The first-order chi connectivity index (χ1) is 17.9. The number of halogens is 1. The number of nitrogens with zero attached hydrogens (tertiary/aromatic N) is 1. The van der Waals surface area contributed by atoms with Gasteiger partial charge in [0.2, 0.25) is 5.91 Å². The SMILES string of the molecule is CNC[C@@H]1C[C@H]1C(=O)N1CCCC([C@@](O)(CCCCOC)c2cccc(F)c2Oc2ccccc2C)C1. The van der Waals surface area contributed by atoms with E-state index in [1.165, 1.54) is 6.07 Å². The van der Waals surface area contributed by atoms with Crippen LogP contribution in [0.1, 0.15) is 49.7 Å². The molecule has 1 heterocycles. The lowest BCUT2D eigenvalue weighted by atomic mass is 9.73. The number of carbonyl (C=O) groups is 1. The molecular weight excluding hydrogens is 471 g/mol. The maximum Gasteiger partial charge on any atom is 0.226 e. The molecule has 0 aromatic heterocycles. The molecule has 2 N–H and O–H groups in total. The topological polar surface area (TPSA) is 71.0 Å². The Morgan fingerprint density at radius 3 is 2.78 bits per heavy atom. The van der Waals surface area contributed by atoms with Crippen molar-refractivity contribution in [2.24, 2.45) is 17.8 Å². The van der Waals surface area contributed by atoms with Gasteiger partial charge < -0.3 is 24.8 Å². The number of nitrogens with one attached hydrogen (secondary N) is 1. The summed E-state index contributed by atoms with van der Waals surface area (Å²) in [5.74, 6) is 0.523. The number of benzene rings is 2. The molecule has 202 valence electrons. The Kier molecular flexibility index (Phi) is 9.22. The van der Waals surface area contributed by atoms with Crippen LogP contribution in [0, 0.1) is 30.5 Å². The van der Waals surface area contributed by atoms with Crippen molar-refractivity contribution >= 4 is 5.91 Å². The van der Waals surface area contributed by atoms with E-state index in [2.05, 4.69) is 5.32 Å². The van der Waals surface area contributed by atoms with Crippen molar-refractivity contribution in [1.82, 2.24) is 10.2 Å². The number of likely N-dealkylation sites (tertiary alicyclic amines) is 1. The summed E-state index contributed by atoms with van der Waals surface area (Å²) in [4.78, 5) is 15.2. The largest absolute Gasteiger partial charge is 0.454 e. The van der Waals surface area contributed by atoms with E-state index < -0.39 is 11.4 Å². The molecule has 2 aromatic carbocycles. The van der Waals surface area contributed by atoms with Gasteiger partial charge in [-0.15, -0.1) is 0 Å². The van der Waals surface area contributed by atoms with E-state index in [1.807, 2.05) is 37.1 Å². The fraction of sp³-hybridized carbons (Fsp3) is 0.567. The molecule has 4 rings (SSSR count). The number of aryl methyl sites for hydroxylation is 1. The number of methoxy groups -OCH3 is 1. The van der Waals surface area contributed by atoms with Crippen LogP contribution in [0.3, 0.4) is 0 Å². The Balaban J connectivity index is 1.63. The molecule has 2 aromatic rings. The number of hydrogen-bond donors (Lipinski definition) is 2. The second-order valence-corrected chi connectivity index (χ2v) is 10.6. The van der Waals surface area contributed by atoms with E-state index in [-0.39, 0.29) is 23.5 Å². The molecule has 0 radical (unpaired) electrons. The summed E-state index contributed by atoms with van der Waals surface area (Å²) in [6.45, 7) is 4.52. The number of amides is 1. The number of ether oxygens (including phenoxy) is 2. The van der Waals surface area contributed by atoms with Crippen LogP contribution in [-0.4, -0.2) is 56.3 Å². The summed E-state index contributed by atoms with van der Waals surface area (Å²) in [7, 11) is 3.58. The highest BCUT2D eigenvalue weighted by atomic mass is 19.1. The average molecular weight is 513 g/mol. The first-order valence-corrected chi connectivity index (χ1v) is 13.6. The molecule has 1 amide bonds. The van der Waals surface area contributed by atoms with E-state index in [0.29, 0.717) is 49.8 Å². The lowest BCUT2D eigenvalue weighted by molar-refractivity contribution is -0.138. The van der Waals surface area contributed by atoms with Crippen LogP contribution >= 0.6 is 0 Å². The number of unbranched alkanes of at least 4 members (excludes halogenated alkanes) is 1. The number of carbonyl (C=O) groups excluding carboxylic acids is 1. The second kappa shape index (κ2) is 12.4. The summed E-state index contributed by atoms with van der Waals surface area (Å²) in [6, 6.07) is 12.3. The molecule has 1 aliphatic carbocycles. The summed E-state index contributed by atoms with van der Waals surface area (Å²) in [6.07, 6.45) is 4.41. The van der Waals surface area contributed by atoms with Crippen molar-refractivity contribution < 1.29 is 23.8 Å². The molecule has 37 heavy (non-hydrogen) atoms. The number of hydrogen-bond acceptors (Lipinski definition) is 5. The maximum absolute atomic E-state index is 15.3. The molecule has 1 unspecified atom stereocenters. The van der Waals surface area contributed by atoms with Crippen molar-refractivity contribution in [2.45, 2.75) is 51.0 Å². The van der Waals surface area contributed by atoms with Crippen LogP contribution in [-0.2, 0) is 15.1 Å². The van der Waals surface area contributed by atoms with Gasteiger partial charge in [-0.3, -0.25) is 4.79 Å². The predicted molar refractivity (Wildman–Crippen MR) is 142 cm³/mol. The maximum atomic E-state index is 15.3. The molecular formula is C30H41FN2O4. The lowest BCUT2D eigenvalue weighted by Crippen LogP contribution is -2.49. The second-order valence-electron chi connectivity index (χ2n) is 10.6. The van der Waals surface area contributed by atoms with Gasteiger partial charge in [-0.2, -0.15) is 0 Å². The Hall–Kier alpha value is -2.48. The van der Waals surface area contributed by atoms with Crippen LogP contribution in [0.25, 0.3) is 0 Å². The van der Waals surface area contributed by atoms with E-state index in [1.54, 1.807) is 25.3 Å². The van der Waals surface area contributed by atoms with E-state index in [4.69, 9.17) is 9.47 Å². The average Bonchev–Trinajstić information content (AvgIpc) is 3.68. The van der Waals surface area contributed by atoms with Gasteiger partial charge in [0.15, 0.2) is 11.6 Å². The Bertz CT molecular complexity index is 1060. The zero-order chi connectivity index (χ0) is 26.4. The lowest BCUT2D eigenvalue weighted by Gasteiger charge is -2.43. The van der Waals surface area contributed by atoms with Crippen molar-refractivity contribution in [3.63, 3.8) is 0 Å². The van der Waals surface area contributed by atoms with Gasteiger partial charge in [0.25, 0.3) is 0 Å². The molecule has 1 saturated heterocycles. The number of para-hydroxylation sites is 2. The normalized spacial score (nSPS) is 22.9. The van der Waals surface area contributed by atoms with Gasteiger partial charge in [-0.25, -0.2) is 4.39 Å². The Morgan fingerprint density at radius 2 is 2.03 bits per heavy atom. The van der Waals surface area contributed by atoms with Gasteiger partial charge in [0.1, 0.15) is 5.75 Å². The van der Waals surface area contributed by atoms with E-state index in [9.17, 15) is 9.90 Å². The van der Waals surface area contributed by atoms with Crippen LogP contribution in [0.15, 0.2) is 42.5 Å². The van der Waals surface area contributed by atoms with Crippen LogP contribution < -0.4 is 10.1 Å². The quantitative estimate of drug-likeness (QED) is 0.391. The summed E-state index contributed by atoms with van der Waals surface area (Å²) < 4.78 is 26.7. The zero-order valence-electron chi connectivity index (χ0n) is 22.3. The Morgan fingerprint density at radius 1 is 1.22 bits per heavy atom. The van der Waals surface area contributed by atoms with Gasteiger partial charge in [-0.1, -0.05) is 30.3 Å². The highest BCUT2D eigenvalue weighted by Gasteiger charge is 2.48. The van der Waals surface area contributed by atoms with Crippen molar-refractivity contribution in [3.8, 4) is 11.5 Å². The molecule has 1 aliphatic heterocycles. The highest BCUT2D eigenvalue weighted by Crippen LogP contribution is 2.46. The first-order valence-electron chi connectivity index (χ1n) is 13.6. The monoisotopic (exact) mass is 512 g/mol. The molecule has 0 spiro atoms. The molecule has 7 heteroatoms. The third-order valence-corrected chi connectivity index (χ3v) is 8.01. The third kappa shape index (κ3) is 6.33. The standard InChI is InChI=1S/C30H41FN2O4/c1-21-10-4-5-14-27(21)37-28-25(12-8-13-26(28)31)30(35,15-6-7-17-36-3)23-11-9-16-33(20-23)29(34)24-18-22(24)19-32-2/h4-5,8,10,12-14,22-24,32,35H,6-7,9,11,15-20H2,1-3H3/t22-,23?,24+,30-/m0/s1. The summed E-state index contributed by atoms with van der Waals surface area (Å²) in [5.41, 5.74) is -0.0110. The summed E-state index contributed by atoms with van der Waals surface area (Å²) >= 11 is 0. The molecule has 6 nitrogen and oxygen atoms in total. The highest BCUT2D eigenvalue weighted by molar-refractivity contribution is 5.81. The van der Waals surface area contributed by atoms with E-state index >= 15 is 4.39 Å². The Labute approximate surface area is 220 Å². The van der Waals surface area contributed by atoms with Gasteiger partial charge in [-0.05, 0) is 82.7 Å². The fourth-order valence-corrected chi connectivity index (χ4v) is 5.77. The molecule has 2 fully saturated rings. The van der Waals surface area contributed by atoms with Crippen molar-refractivity contribution in [2.75, 3.05) is 40.4 Å². The molecule has 0 bridgehead atoms. The van der Waals surface area contributed by atoms with Gasteiger partial charge in [0, 0.05) is 44.2 Å². The van der Waals surface area contributed by atoms with Crippen LogP contribution in [0.2, 0.25) is 0 Å².